The number of piperidine rings is 1. The smallest absolute Gasteiger partial charge is 0.274 e. The second-order valence-electron chi connectivity index (χ2n) is 5.65. The highest BCUT2D eigenvalue weighted by Gasteiger charge is 2.23. The summed E-state index contributed by atoms with van der Waals surface area (Å²) < 4.78 is 0. The Labute approximate surface area is 120 Å². The maximum absolute atomic E-state index is 11.1. The van der Waals surface area contributed by atoms with Crippen LogP contribution in [0.4, 0.5) is 11.4 Å². The molecule has 5 heteroatoms. The van der Waals surface area contributed by atoms with Gasteiger partial charge in [0.25, 0.3) is 5.69 Å². The zero-order valence-corrected chi connectivity index (χ0v) is 12.4. The van der Waals surface area contributed by atoms with E-state index < -0.39 is 0 Å². The molecule has 5 nitrogen and oxygen atoms in total. The van der Waals surface area contributed by atoms with Crippen LogP contribution >= 0.6 is 0 Å². The lowest BCUT2D eigenvalue weighted by atomic mass is 9.98. The normalized spacial score (nSPS) is 23.6. The molecule has 0 bridgehead atoms. The van der Waals surface area contributed by atoms with Crippen LogP contribution in [0.1, 0.15) is 32.3 Å². The SMILES string of the molecule is CCc1ccc(NC2CCN(C)C(C)C2)cc1[N+](=O)[O-]. The molecule has 1 aliphatic heterocycles. The first-order chi connectivity index (χ1) is 9.51. The molecule has 2 rings (SSSR count). The van der Waals surface area contributed by atoms with Gasteiger partial charge in [-0.1, -0.05) is 13.0 Å². The number of nitrogens with zero attached hydrogens (tertiary/aromatic N) is 2. The van der Waals surface area contributed by atoms with Gasteiger partial charge in [-0.25, -0.2) is 0 Å². The van der Waals surface area contributed by atoms with Crippen molar-refractivity contribution in [3.8, 4) is 0 Å². The quantitative estimate of drug-likeness (QED) is 0.679. The maximum atomic E-state index is 11.1. The van der Waals surface area contributed by atoms with Crippen LogP contribution in [0.25, 0.3) is 0 Å². The largest absolute Gasteiger partial charge is 0.382 e. The number of hydrogen-bond donors (Lipinski definition) is 1. The van der Waals surface area contributed by atoms with Crippen LogP contribution in [0.2, 0.25) is 0 Å². The lowest BCUT2D eigenvalue weighted by Crippen LogP contribution is -2.42. The molecule has 1 fully saturated rings. The van der Waals surface area contributed by atoms with Crippen molar-refractivity contribution in [1.29, 1.82) is 0 Å². The summed E-state index contributed by atoms with van der Waals surface area (Å²) in [6.07, 6.45) is 2.83. The van der Waals surface area contributed by atoms with Gasteiger partial charge in [-0.2, -0.15) is 0 Å². The number of rotatable bonds is 4. The molecule has 2 unspecified atom stereocenters. The molecule has 1 aromatic rings. The standard InChI is InChI=1S/C15H23N3O2/c1-4-12-5-6-13(10-15(12)18(19)20)16-14-7-8-17(3)11(2)9-14/h5-6,10-11,14,16H,4,7-9H2,1-3H3. The molecular weight excluding hydrogens is 254 g/mol. The van der Waals surface area contributed by atoms with Gasteiger partial charge < -0.3 is 10.2 Å². The molecule has 110 valence electrons. The fourth-order valence-corrected chi connectivity index (χ4v) is 2.78. The molecule has 2 atom stereocenters. The summed E-state index contributed by atoms with van der Waals surface area (Å²) >= 11 is 0. The van der Waals surface area contributed by atoms with Crippen molar-refractivity contribution >= 4 is 11.4 Å². The molecule has 0 saturated carbocycles. The summed E-state index contributed by atoms with van der Waals surface area (Å²) in [6.45, 7) is 5.22. The Balaban J connectivity index is 2.10. The van der Waals surface area contributed by atoms with Crippen molar-refractivity contribution in [2.24, 2.45) is 0 Å². The Kier molecular flexibility index (Phi) is 4.60. The highest BCUT2D eigenvalue weighted by atomic mass is 16.6. The molecule has 1 heterocycles. The van der Waals surface area contributed by atoms with E-state index in [0.29, 0.717) is 18.5 Å². The topological polar surface area (TPSA) is 58.4 Å². The van der Waals surface area contributed by atoms with E-state index in [1.807, 2.05) is 19.1 Å². The Morgan fingerprint density at radius 1 is 1.50 bits per heavy atom. The molecule has 1 saturated heterocycles. The molecule has 0 amide bonds. The monoisotopic (exact) mass is 277 g/mol. The minimum absolute atomic E-state index is 0.221. The number of likely N-dealkylation sites (tertiary alicyclic amines) is 1. The molecule has 0 aliphatic carbocycles. The van der Waals surface area contributed by atoms with Gasteiger partial charge in [0.05, 0.1) is 4.92 Å². The van der Waals surface area contributed by atoms with E-state index in [1.54, 1.807) is 6.07 Å². The summed E-state index contributed by atoms with van der Waals surface area (Å²) in [7, 11) is 2.14. The molecular formula is C15H23N3O2. The van der Waals surface area contributed by atoms with E-state index in [-0.39, 0.29) is 10.6 Å². The highest BCUT2D eigenvalue weighted by Crippen LogP contribution is 2.26. The molecule has 1 N–H and O–H groups in total. The minimum atomic E-state index is -0.290. The molecule has 20 heavy (non-hydrogen) atoms. The van der Waals surface area contributed by atoms with E-state index in [1.165, 1.54) is 0 Å². The van der Waals surface area contributed by atoms with Crippen LogP contribution in [0.15, 0.2) is 18.2 Å². The van der Waals surface area contributed by atoms with Gasteiger partial charge >= 0.3 is 0 Å². The minimum Gasteiger partial charge on any atom is -0.382 e. The number of nitrogens with one attached hydrogen (secondary N) is 1. The van der Waals surface area contributed by atoms with E-state index in [9.17, 15) is 10.1 Å². The summed E-state index contributed by atoms with van der Waals surface area (Å²) in [6, 6.07) is 6.43. The van der Waals surface area contributed by atoms with Gasteiger partial charge in [0.1, 0.15) is 0 Å². The zero-order valence-electron chi connectivity index (χ0n) is 12.4. The Morgan fingerprint density at radius 2 is 2.25 bits per heavy atom. The Morgan fingerprint density at radius 3 is 2.85 bits per heavy atom. The summed E-state index contributed by atoms with van der Waals surface area (Å²) in [5, 5.41) is 14.5. The first kappa shape index (κ1) is 14.8. The number of aryl methyl sites for hydroxylation is 1. The van der Waals surface area contributed by atoms with Gasteiger partial charge in [-0.15, -0.1) is 0 Å². The lowest BCUT2D eigenvalue weighted by Gasteiger charge is -2.35. The van der Waals surface area contributed by atoms with E-state index in [0.717, 1.165) is 30.6 Å². The van der Waals surface area contributed by atoms with E-state index in [2.05, 4.69) is 24.2 Å². The first-order valence-corrected chi connectivity index (χ1v) is 7.25. The lowest BCUT2D eigenvalue weighted by molar-refractivity contribution is -0.385. The third-order valence-electron chi connectivity index (χ3n) is 4.24. The first-order valence-electron chi connectivity index (χ1n) is 7.25. The van der Waals surface area contributed by atoms with Gasteiger partial charge in [-0.05, 0) is 39.3 Å². The summed E-state index contributed by atoms with van der Waals surface area (Å²) in [5.41, 5.74) is 1.87. The van der Waals surface area contributed by atoms with Crippen molar-refractivity contribution in [1.82, 2.24) is 4.90 Å². The third kappa shape index (κ3) is 3.28. The van der Waals surface area contributed by atoms with Crippen LogP contribution in [0, 0.1) is 10.1 Å². The maximum Gasteiger partial charge on any atom is 0.274 e. The molecule has 0 radical (unpaired) electrons. The van der Waals surface area contributed by atoms with Crippen LogP contribution in [-0.2, 0) is 6.42 Å². The van der Waals surface area contributed by atoms with Crippen LogP contribution in [0.5, 0.6) is 0 Å². The predicted octanol–water partition coefficient (Wildman–Crippen LogP) is 3.05. The molecule has 1 aromatic carbocycles. The summed E-state index contributed by atoms with van der Waals surface area (Å²) in [5.74, 6) is 0. The van der Waals surface area contributed by atoms with Crippen molar-refractivity contribution in [2.45, 2.75) is 45.2 Å². The van der Waals surface area contributed by atoms with Gasteiger partial charge in [0, 0.05) is 35.9 Å². The number of nitro groups is 1. The third-order valence-corrected chi connectivity index (χ3v) is 4.24. The Hall–Kier alpha value is -1.62. The van der Waals surface area contributed by atoms with E-state index >= 15 is 0 Å². The van der Waals surface area contributed by atoms with Crippen LogP contribution < -0.4 is 5.32 Å². The molecule has 0 aromatic heterocycles. The summed E-state index contributed by atoms with van der Waals surface area (Å²) in [4.78, 5) is 13.1. The van der Waals surface area contributed by atoms with Crippen molar-refractivity contribution in [2.75, 3.05) is 18.9 Å². The predicted molar refractivity (Wildman–Crippen MR) is 81.2 cm³/mol. The number of anilines is 1. The average molecular weight is 277 g/mol. The fourth-order valence-electron chi connectivity index (χ4n) is 2.78. The fraction of sp³-hybridized carbons (Fsp3) is 0.600. The van der Waals surface area contributed by atoms with Crippen LogP contribution in [-0.4, -0.2) is 35.5 Å². The number of hydrogen-bond acceptors (Lipinski definition) is 4. The van der Waals surface area contributed by atoms with E-state index in [4.69, 9.17) is 0 Å². The van der Waals surface area contributed by atoms with Crippen molar-refractivity contribution in [3.05, 3.63) is 33.9 Å². The number of benzene rings is 1. The highest BCUT2D eigenvalue weighted by molar-refractivity contribution is 5.55. The second kappa shape index (κ2) is 6.22. The van der Waals surface area contributed by atoms with Gasteiger partial charge in [0.15, 0.2) is 0 Å². The van der Waals surface area contributed by atoms with Gasteiger partial charge in [-0.3, -0.25) is 10.1 Å². The molecule has 1 aliphatic rings. The van der Waals surface area contributed by atoms with Gasteiger partial charge in [0.2, 0.25) is 0 Å². The second-order valence-corrected chi connectivity index (χ2v) is 5.65. The average Bonchev–Trinajstić information content (AvgIpc) is 2.43. The van der Waals surface area contributed by atoms with Crippen molar-refractivity contribution < 1.29 is 4.92 Å². The van der Waals surface area contributed by atoms with Crippen molar-refractivity contribution in [3.63, 3.8) is 0 Å². The number of nitro benzene ring substituents is 1. The zero-order chi connectivity index (χ0) is 14.7. The Bertz CT molecular complexity index is 490. The molecule has 0 spiro atoms. The van der Waals surface area contributed by atoms with Crippen LogP contribution in [0.3, 0.4) is 0 Å².